The van der Waals surface area contributed by atoms with Gasteiger partial charge in [-0.25, -0.2) is 4.98 Å². The fourth-order valence-electron chi connectivity index (χ4n) is 7.54. The summed E-state index contributed by atoms with van der Waals surface area (Å²) in [5, 5.41) is 14.3. The van der Waals surface area contributed by atoms with Gasteiger partial charge in [0, 0.05) is 69.7 Å². The zero-order chi connectivity index (χ0) is 39.6. The highest BCUT2D eigenvalue weighted by atomic mass is 32.1. The number of carbonyl (C=O) groups is 3. The van der Waals surface area contributed by atoms with Crippen LogP contribution in [0.5, 0.6) is 5.75 Å². The van der Waals surface area contributed by atoms with Crippen molar-refractivity contribution >= 4 is 58.9 Å². The van der Waals surface area contributed by atoms with Crippen molar-refractivity contribution in [1.29, 1.82) is 0 Å². The summed E-state index contributed by atoms with van der Waals surface area (Å²) in [4.78, 5) is 44.9. The number of rotatable bonds is 11. The van der Waals surface area contributed by atoms with E-state index in [0.717, 1.165) is 54.5 Å². The topological polar surface area (TPSA) is 140 Å². The molecule has 56 heavy (non-hydrogen) atoms. The number of carbonyl (C=O) groups excluding carboxylic acids is 3. The number of ether oxygens (including phenoxy) is 1. The van der Waals surface area contributed by atoms with Crippen LogP contribution < -0.4 is 36.2 Å². The van der Waals surface area contributed by atoms with E-state index in [9.17, 15) is 27.6 Å². The van der Waals surface area contributed by atoms with Crippen LogP contribution in [0.15, 0.2) is 72.9 Å². The molecule has 2 saturated heterocycles. The lowest BCUT2D eigenvalue weighted by Crippen LogP contribution is -2.51. The van der Waals surface area contributed by atoms with Gasteiger partial charge in [-0.3, -0.25) is 24.6 Å². The highest BCUT2D eigenvalue weighted by molar-refractivity contribution is 7.80. The van der Waals surface area contributed by atoms with Crippen molar-refractivity contribution in [3.63, 3.8) is 0 Å². The van der Waals surface area contributed by atoms with Crippen LogP contribution in [0.3, 0.4) is 0 Å². The molecule has 2 unspecified atom stereocenters. The summed E-state index contributed by atoms with van der Waals surface area (Å²) in [6.45, 7) is 2.94. The quantitative estimate of drug-likeness (QED) is 0.0763. The number of imide groups is 1. The van der Waals surface area contributed by atoms with E-state index in [-0.39, 0.29) is 46.0 Å². The summed E-state index contributed by atoms with van der Waals surface area (Å²) in [7, 11) is 2.98. The molecule has 2 fully saturated rings. The number of nitrogens with zero attached hydrogens (tertiary/aromatic N) is 3. The number of fused-ring (bicyclic) bond motifs is 1. The highest BCUT2D eigenvalue weighted by Gasteiger charge is 2.39. The van der Waals surface area contributed by atoms with E-state index < -0.39 is 17.6 Å². The fourth-order valence-corrected chi connectivity index (χ4v) is 8.04. The molecule has 294 valence electrons. The number of halogens is 3. The smallest absolute Gasteiger partial charge is 0.419 e. The van der Waals surface area contributed by atoms with Gasteiger partial charge >= 0.3 is 6.18 Å². The molecule has 4 aromatic rings. The van der Waals surface area contributed by atoms with E-state index in [0.29, 0.717) is 43.4 Å². The van der Waals surface area contributed by atoms with E-state index in [4.69, 9.17) is 17.4 Å². The van der Waals surface area contributed by atoms with Crippen molar-refractivity contribution in [2.45, 2.75) is 62.4 Å². The SMILES string of the molecule is CNC(=O)c1ccccc1Nc1cc(Nc2ccc(N3CCC(NCc4ccc5c(c4)CN(C4CCC(=O)NC4=O)C5S)CC3)cc2OC)ncc1C(F)(F)F. The average molecular weight is 789 g/mol. The first-order valence-electron chi connectivity index (χ1n) is 18.4. The third-order valence-corrected chi connectivity index (χ3v) is 11.1. The molecule has 3 aliphatic heterocycles. The van der Waals surface area contributed by atoms with Gasteiger partial charge in [0.2, 0.25) is 11.8 Å². The van der Waals surface area contributed by atoms with Gasteiger partial charge in [0.1, 0.15) is 11.6 Å². The van der Waals surface area contributed by atoms with Gasteiger partial charge in [0.25, 0.3) is 5.91 Å². The van der Waals surface area contributed by atoms with Crippen LogP contribution in [0.25, 0.3) is 0 Å². The summed E-state index contributed by atoms with van der Waals surface area (Å²) in [5.74, 6) is -0.274. The first kappa shape index (κ1) is 38.9. The maximum Gasteiger partial charge on any atom is 0.419 e. The Labute approximate surface area is 328 Å². The summed E-state index contributed by atoms with van der Waals surface area (Å²) in [6, 6.07) is 19.5. The number of hydrogen-bond donors (Lipinski definition) is 6. The molecule has 0 saturated carbocycles. The van der Waals surface area contributed by atoms with Crippen molar-refractivity contribution in [2.75, 3.05) is 42.8 Å². The lowest BCUT2D eigenvalue weighted by atomic mass is 10.0. The van der Waals surface area contributed by atoms with Crippen molar-refractivity contribution < 1.29 is 32.3 Å². The van der Waals surface area contributed by atoms with E-state index >= 15 is 0 Å². The number of pyridine rings is 1. The number of aromatic nitrogens is 1. The van der Waals surface area contributed by atoms with Crippen LogP contribution in [0, 0.1) is 0 Å². The normalized spacial score (nSPS) is 19.0. The molecule has 12 nitrogen and oxygen atoms in total. The first-order chi connectivity index (χ1) is 26.9. The number of amides is 3. The second-order valence-corrected chi connectivity index (χ2v) is 14.5. The fraction of sp³-hybridized carbons (Fsp3) is 0.350. The van der Waals surface area contributed by atoms with Gasteiger partial charge in [-0.05, 0) is 60.2 Å². The van der Waals surface area contributed by atoms with Gasteiger partial charge in [0.05, 0.1) is 46.7 Å². The summed E-state index contributed by atoms with van der Waals surface area (Å²) in [5.41, 5.74) is 4.03. The second kappa shape index (κ2) is 16.4. The molecule has 3 amide bonds. The number of piperidine rings is 2. The molecule has 0 radical (unpaired) electrons. The van der Waals surface area contributed by atoms with Crippen molar-refractivity contribution in [3.8, 4) is 5.75 Å². The predicted octanol–water partition coefficient (Wildman–Crippen LogP) is 6.26. The third kappa shape index (κ3) is 8.41. The highest BCUT2D eigenvalue weighted by Crippen LogP contribution is 2.41. The number of methoxy groups -OCH3 is 1. The average Bonchev–Trinajstić information content (AvgIpc) is 3.51. The largest absolute Gasteiger partial charge is 0.494 e. The number of nitrogens with one attached hydrogen (secondary N) is 5. The Balaban J connectivity index is 0.963. The molecule has 5 N–H and O–H groups in total. The van der Waals surface area contributed by atoms with Crippen LogP contribution in [0.1, 0.15) is 63.7 Å². The van der Waals surface area contributed by atoms with E-state index in [1.165, 1.54) is 32.4 Å². The maximum atomic E-state index is 14.0. The van der Waals surface area contributed by atoms with Crippen LogP contribution in [-0.4, -0.2) is 66.9 Å². The summed E-state index contributed by atoms with van der Waals surface area (Å²) >= 11 is 4.81. The van der Waals surface area contributed by atoms with Crippen LogP contribution >= 0.6 is 12.6 Å². The van der Waals surface area contributed by atoms with Crippen LogP contribution in [-0.2, 0) is 28.9 Å². The molecule has 4 heterocycles. The Morgan fingerprint density at radius 2 is 1.77 bits per heavy atom. The van der Waals surface area contributed by atoms with Crippen molar-refractivity contribution in [2.24, 2.45) is 0 Å². The molecule has 0 aliphatic carbocycles. The molecule has 2 atom stereocenters. The van der Waals surface area contributed by atoms with Gasteiger partial charge in [-0.2, -0.15) is 25.8 Å². The minimum Gasteiger partial charge on any atom is -0.494 e. The lowest BCUT2D eigenvalue weighted by molar-refractivity contribution is -0.138. The second-order valence-electron chi connectivity index (χ2n) is 14.1. The zero-order valence-corrected chi connectivity index (χ0v) is 31.8. The predicted molar refractivity (Wildman–Crippen MR) is 211 cm³/mol. The van der Waals surface area contributed by atoms with Crippen LogP contribution in [0.4, 0.5) is 41.7 Å². The Bertz CT molecular complexity index is 2130. The Hall–Kier alpha value is -5.32. The molecular weight excluding hydrogens is 746 g/mol. The Kier molecular flexibility index (Phi) is 11.4. The molecular formula is C40H43F3N8O4S. The number of benzene rings is 3. The monoisotopic (exact) mass is 788 g/mol. The molecule has 3 aromatic carbocycles. The molecule has 0 spiro atoms. The number of alkyl halides is 3. The molecule has 7 rings (SSSR count). The van der Waals surface area contributed by atoms with E-state index in [1.807, 2.05) is 18.2 Å². The summed E-state index contributed by atoms with van der Waals surface area (Å²) in [6.07, 6.45) is -1.27. The van der Waals surface area contributed by atoms with Gasteiger partial charge < -0.3 is 30.9 Å². The van der Waals surface area contributed by atoms with E-state index in [2.05, 4.69) is 59.6 Å². The molecule has 1 aromatic heterocycles. The number of hydrogen-bond acceptors (Lipinski definition) is 11. The van der Waals surface area contributed by atoms with Crippen molar-refractivity contribution in [1.82, 2.24) is 25.8 Å². The van der Waals surface area contributed by atoms with Crippen LogP contribution in [0.2, 0.25) is 0 Å². The van der Waals surface area contributed by atoms with Gasteiger partial charge in [-0.15, -0.1) is 0 Å². The first-order valence-corrected chi connectivity index (χ1v) is 18.9. The van der Waals surface area contributed by atoms with Gasteiger partial charge in [0.15, 0.2) is 0 Å². The lowest BCUT2D eigenvalue weighted by Gasteiger charge is -2.34. The number of para-hydroxylation sites is 1. The minimum atomic E-state index is -4.70. The molecule has 0 bridgehead atoms. The molecule has 3 aliphatic rings. The minimum absolute atomic E-state index is 0.149. The summed E-state index contributed by atoms with van der Waals surface area (Å²) < 4.78 is 47.8. The Morgan fingerprint density at radius 1 is 0.982 bits per heavy atom. The Morgan fingerprint density at radius 3 is 2.50 bits per heavy atom. The number of thiol groups is 1. The maximum absolute atomic E-state index is 14.0. The molecule has 16 heteroatoms. The van der Waals surface area contributed by atoms with E-state index in [1.54, 1.807) is 12.1 Å². The third-order valence-electron chi connectivity index (χ3n) is 10.5. The van der Waals surface area contributed by atoms with Crippen molar-refractivity contribution in [3.05, 3.63) is 101 Å². The van der Waals surface area contributed by atoms with Gasteiger partial charge in [-0.1, -0.05) is 30.3 Å². The number of anilines is 5. The zero-order valence-electron chi connectivity index (χ0n) is 30.9. The standard InChI is InChI=1S/C40H43F3N8O4S/c1-44-37(53)28-5-3-4-6-30(28)47-32-19-35(46-21-29(32)40(41,42)43)48-31-10-8-26(18-34(31)55-2)50-15-13-25(14-16-50)45-20-23-7-9-27-24(17-23)22-51(39(27)56)33-11-12-36(52)49-38(33)54/h3-10,17-19,21,25,33,39,45,56H,11-16,20,22H2,1-2H3,(H,44,53)(H2,46,47,48)(H,49,52,54).